The van der Waals surface area contributed by atoms with Crippen molar-refractivity contribution in [2.45, 2.75) is 44.1 Å². The van der Waals surface area contributed by atoms with E-state index in [-0.39, 0.29) is 0 Å². The summed E-state index contributed by atoms with van der Waals surface area (Å²) in [4.78, 5) is 0. The van der Waals surface area contributed by atoms with E-state index in [1.54, 1.807) is 0 Å². The topological polar surface area (TPSA) is 29.9 Å². The molecule has 0 aromatic carbocycles. The van der Waals surface area contributed by atoms with Crippen LogP contribution in [-0.4, -0.2) is 22.9 Å². The first kappa shape index (κ1) is 10.7. The first-order valence-electron chi connectivity index (χ1n) is 5.95. The van der Waals surface area contributed by atoms with Crippen molar-refractivity contribution in [3.8, 4) is 0 Å². The molecule has 1 heterocycles. The molecule has 1 aromatic heterocycles. The summed E-state index contributed by atoms with van der Waals surface area (Å²) in [6.07, 6.45) is 10.8. The molecule has 2 atom stereocenters. The molecule has 1 aliphatic carbocycles. The van der Waals surface area contributed by atoms with E-state index in [9.17, 15) is 0 Å². The summed E-state index contributed by atoms with van der Waals surface area (Å²) in [5.74, 6) is 0.707. The minimum Gasteiger partial charge on any atom is -0.317 e. The van der Waals surface area contributed by atoms with Gasteiger partial charge in [-0.2, -0.15) is 5.10 Å². The van der Waals surface area contributed by atoms with Gasteiger partial charge in [0.25, 0.3) is 0 Å². The summed E-state index contributed by atoms with van der Waals surface area (Å²) < 4.78 is 1.91. The first-order valence-corrected chi connectivity index (χ1v) is 5.95. The molecule has 0 aliphatic heterocycles. The van der Waals surface area contributed by atoms with E-state index in [2.05, 4.69) is 23.7 Å². The highest BCUT2D eigenvalue weighted by Gasteiger charge is 2.21. The molecule has 1 N–H and O–H groups in total. The summed E-state index contributed by atoms with van der Waals surface area (Å²) in [5.41, 5.74) is 1.42. The van der Waals surface area contributed by atoms with Gasteiger partial charge in [-0.3, -0.25) is 4.68 Å². The minimum absolute atomic E-state index is 0.692. The van der Waals surface area contributed by atoms with Gasteiger partial charge in [0.1, 0.15) is 0 Å². The average Bonchev–Trinajstić information content (AvgIpc) is 2.54. The van der Waals surface area contributed by atoms with Crippen molar-refractivity contribution >= 4 is 0 Å². The lowest BCUT2D eigenvalue weighted by molar-refractivity contribution is 0.471. The molecule has 1 aromatic rings. The number of aromatic nitrogens is 2. The van der Waals surface area contributed by atoms with Gasteiger partial charge in [0.2, 0.25) is 0 Å². The van der Waals surface area contributed by atoms with Gasteiger partial charge in [0, 0.05) is 19.3 Å². The van der Waals surface area contributed by atoms with Crippen LogP contribution in [0.4, 0.5) is 0 Å². The number of aryl methyl sites for hydroxylation is 1. The second-order valence-electron chi connectivity index (χ2n) is 4.65. The Balaban J connectivity index is 2.07. The molecule has 84 valence electrons. The van der Waals surface area contributed by atoms with Crippen LogP contribution in [0, 0.1) is 0 Å². The van der Waals surface area contributed by atoms with E-state index in [0.29, 0.717) is 12.0 Å². The second-order valence-corrected chi connectivity index (χ2v) is 4.65. The number of nitrogens with one attached hydrogen (secondary N) is 1. The Bertz CT molecular complexity index is 306. The van der Waals surface area contributed by atoms with Crippen LogP contribution in [0.2, 0.25) is 0 Å². The molecule has 0 spiro atoms. The van der Waals surface area contributed by atoms with Crippen molar-refractivity contribution in [1.82, 2.24) is 15.1 Å². The van der Waals surface area contributed by atoms with Crippen LogP contribution < -0.4 is 5.32 Å². The standard InChI is InChI=1S/C12H21N3/c1-13-12-6-4-3-5-10(7-12)11-8-14-15(2)9-11/h8-10,12-13H,3-7H2,1-2H3. The van der Waals surface area contributed by atoms with E-state index >= 15 is 0 Å². The lowest BCUT2D eigenvalue weighted by Crippen LogP contribution is -2.25. The zero-order chi connectivity index (χ0) is 10.7. The molecule has 0 radical (unpaired) electrons. The Labute approximate surface area is 91.9 Å². The van der Waals surface area contributed by atoms with E-state index < -0.39 is 0 Å². The predicted octanol–water partition coefficient (Wildman–Crippen LogP) is 2.06. The number of hydrogen-bond acceptors (Lipinski definition) is 2. The summed E-state index contributed by atoms with van der Waals surface area (Å²) in [6.45, 7) is 0. The van der Waals surface area contributed by atoms with Gasteiger partial charge in [0.05, 0.1) is 6.20 Å². The van der Waals surface area contributed by atoms with Crippen molar-refractivity contribution in [3.05, 3.63) is 18.0 Å². The van der Waals surface area contributed by atoms with Crippen LogP contribution in [0.5, 0.6) is 0 Å². The molecule has 3 heteroatoms. The third-order valence-corrected chi connectivity index (χ3v) is 3.53. The van der Waals surface area contributed by atoms with Crippen LogP contribution >= 0.6 is 0 Å². The Hall–Kier alpha value is -0.830. The molecule has 3 nitrogen and oxygen atoms in total. The van der Waals surface area contributed by atoms with Crippen molar-refractivity contribution in [2.24, 2.45) is 7.05 Å². The molecule has 1 fully saturated rings. The zero-order valence-corrected chi connectivity index (χ0v) is 9.74. The van der Waals surface area contributed by atoms with Crippen LogP contribution in [0.1, 0.15) is 43.6 Å². The fourth-order valence-corrected chi connectivity index (χ4v) is 2.58. The highest BCUT2D eigenvalue weighted by molar-refractivity contribution is 5.12. The van der Waals surface area contributed by atoms with Crippen LogP contribution in [0.15, 0.2) is 12.4 Å². The third kappa shape index (κ3) is 2.59. The molecule has 0 amide bonds. The SMILES string of the molecule is CNC1CCCCC(c2cnn(C)c2)C1. The fourth-order valence-electron chi connectivity index (χ4n) is 2.58. The monoisotopic (exact) mass is 207 g/mol. The van der Waals surface area contributed by atoms with Crippen molar-refractivity contribution in [1.29, 1.82) is 0 Å². The first-order chi connectivity index (χ1) is 7.29. The van der Waals surface area contributed by atoms with Gasteiger partial charge in [-0.1, -0.05) is 12.8 Å². The second kappa shape index (κ2) is 4.79. The normalized spacial score (nSPS) is 27.6. The van der Waals surface area contributed by atoms with Crippen LogP contribution in [0.25, 0.3) is 0 Å². The summed E-state index contributed by atoms with van der Waals surface area (Å²) in [5, 5.41) is 7.69. The molecule has 15 heavy (non-hydrogen) atoms. The highest BCUT2D eigenvalue weighted by atomic mass is 15.2. The number of hydrogen-bond donors (Lipinski definition) is 1. The van der Waals surface area contributed by atoms with Gasteiger partial charge >= 0.3 is 0 Å². The Morgan fingerprint density at radius 1 is 1.40 bits per heavy atom. The molecule has 0 bridgehead atoms. The molecular formula is C12H21N3. The Kier molecular flexibility index (Phi) is 3.41. The highest BCUT2D eigenvalue weighted by Crippen LogP contribution is 2.31. The largest absolute Gasteiger partial charge is 0.317 e. The predicted molar refractivity (Wildman–Crippen MR) is 61.9 cm³/mol. The maximum atomic E-state index is 4.27. The van der Waals surface area contributed by atoms with E-state index in [1.165, 1.54) is 37.7 Å². The van der Waals surface area contributed by atoms with Gasteiger partial charge in [-0.25, -0.2) is 0 Å². The number of nitrogens with zero attached hydrogens (tertiary/aromatic N) is 2. The van der Waals surface area contributed by atoms with Crippen LogP contribution in [-0.2, 0) is 7.05 Å². The third-order valence-electron chi connectivity index (χ3n) is 3.53. The number of rotatable bonds is 2. The van der Waals surface area contributed by atoms with Crippen molar-refractivity contribution < 1.29 is 0 Å². The lowest BCUT2D eigenvalue weighted by atomic mass is 9.93. The minimum atomic E-state index is 0.692. The maximum Gasteiger partial charge on any atom is 0.0524 e. The van der Waals surface area contributed by atoms with Gasteiger partial charge in [-0.15, -0.1) is 0 Å². The molecular weight excluding hydrogens is 186 g/mol. The quantitative estimate of drug-likeness (QED) is 0.752. The van der Waals surface area contributed by atoms with E-state index in [1.807, 2.05) is 17.9 Å². The average molecular weight is 207 g/mol. The Morgan fingerprint density at radius 2 is 2.20 bits per heavy atom. The molecule has 1 saturated carbocycles. The van der Waals surface area contributed by atoms with Gasteiger partial charge in [-0.05, 0) is 37.8 Å². The van der Waals surface area contributed by atoms with E-state index in [4.69, 9.17) is 0 Å². The molecule has 0 saturated heterocycles. The van der Waals surface area contributed by atoms with E-state index in [0.717, 1.165) is 0 Å². The van der Waals surface area contributed by atoms with Crippen molar-refractivity contribution in [2.75, 3.05) is 7.05 Å². The molecule has 2 rings (SSSR count). The Morgan fingerprint density at radius 3 is 2.87 bits per heavy atom. The summed E-state index contributed by atoms with van der Waals surface area (Å²) in [6, 6.07) is 0.692. The van der Waals surface area contributed by atoms with Crippen molar-refractivity contribution in [3.63, 3.8) is 0 Å². The fraction of sp³-hybridized carbons (Fsp3) is 0.750. The van der Waals surface area contributed by atoms with Gasteiger partial charge in [0.15, 0.2) is 0 Å². The zero-order valence-electron chi connectivity index (χ0n) is 9.74. The molecule has 2 unspecified atom stereocenters. The van der Waals surface area contributed by atoms with Gasteiger partial charge < -0.3 is 5.32 Å². The maximum absolute atomic E-state index is 4.27. The molecule has 1 aliphatic rings. The van der Waals surface area contributed by atoms with Crippen LogP contribution in [0.3, 0.4) is 0 Å². The lowest BCUT2D eigenvalue weighted by Gasteiger charge is -2.18. The summed E-state index contributed by atoms with van der Waals surface area (Å²) in [7, 11) is 4.08. The summed E-state index contributed by atoms with van der Waals surface area (Å²) >= 11 is 0. The smallest absolute Gasteiger partial charge is 0.0524 e.